The molecule has 0 bridgehead atoms. The van der Waals surface area contributed by atoms with Gasteiger partial charge in [0.25, 0.3) is 5.91 Å². The zero-order valence-corrected chi connectivity index (χ0v) is 20.2. The molecule has 1 unspecified atom stereocenters. The second kappa shape index (κ2) is 10.8. The van der Waals surface area contributed by atoms with E-state index in [1.165, 1.54) is 0 Å². The number of ether oxygens (including phenoxy) is 1. The Morgan fingerprint density at radius 3 is 2.31 bits per heavy atom. The summed E-state index contributed by atoms with van der Waals surface area (Å²) in [6.45, 7) is 7.66. The summed E-state index contributed by atoms with van der Waals surface area (Å²) in [6, 6.07) is 12.6. The van der Waals surface area contributed by atoms with Gasteiger partial charge >= 0.3 is 0 Å². The Hall–Kier alpha value is -1.86. The van der Waals surface area contributed by atoms with Crippen molar-refractivity contribution in [1.29, 1.82) is 0 Å². The van der Waals surface area contributed by atoms with E-state index in [1.54, 1.807) is 17.9 Å². The van der Waals surface area contributed by atoms with Gasteiger partial charge in [0.1, 0.15) is 11.8 Å². The first kappa shape index (κ1) is 23.4. The lowest BCUT2D eigenvalue weighted by Crippen LogP contribution is -2.50. The van der Waals surface area contributed by atoms with Crippen LogP contribution in [0.4, 0.5) is 0 Å². The normalized spacial score (nSPS) is 11.8. The molecule has 2 amide bonds. The summed E-state index contributed by atoms with van der Waals surface area (Å²) in [5.41, 5.74) is 1.96. The number of hydrogen-bond donors (Lipinski definition) is 1. The maximum Gasteiger partial charge on any atom is 0.261 e. The quantitative estimate of drug-likeness (QED) is 0.536. The van der Waals surface area contributed by atoms with Crippen molar-refractivity contribution in [2.45, 2.75) is 46.3 Å². The molecule has 2 rings (SSSR count). The van der Waals surface area contributed by atoms with Gasteiger partial charge in [-0.2, -0.15) is 0 Å². The van der Waals surface area contributed by atoms with Crippen LogP contribution in [0.3, 0.4) is 0 Å². The molecule has 0 radical (unpaired) electrons. The van der Waals surface area contributed by atoms with Gasteiger partial charge in [-0.25, -0.2) is 0 Å². The van der Waals surface area contributed by atoms with Crippen molar-refractivity contribution in [3.63, 3.8) is 0 Å². The summed E-state index contributed by atoms with van der Waals surface area (Å²) < 4.78 is 7.64. The van der Waals surface area contributed by atoms with Crippen LogP contribution in [0.25, 0.3) is 0 Å². The number of nitrogens with one attached hydrogen (secondary N) is 1. The number of nitrogens with zero attached hydrogens (tertiary/aromatic N) is 1. The van der Waals surface area contributed by atoms with Gasteiger partial charge in [-0.3, -0.25) is 9.59 Å². The summed E-state index contributed by atoms with van der Waals surface area (Å²) in [7, 11) is 0. The summed E-state index contributed by atoms with van der Waals surface area (Å²) in [6.07, 6.45) is 0. The van der Waals surface area contributed by atoms with Crippen LogP contribution >= 0.6 is 31.9 Å². The Morgan fingerprint density at radius 1 is 1.07 bits per heavy atom. The Morgan fingerprint density at radius 2 is 1.72 bits per heavy atom. The van der Waals surface area contributed by atoms with Gasteiger partial charge in [0.05, 0.1) is 0 Å². The van der Waals surface area contributed by atoms with Crippen LogP contribution in [0, 0.1) is 6.92 Å². The number of carbonyl (C=O) groups excluding carboxylic acids is 2. The van der Waals surface area contributed by atoms with Crippen molar-refractivity contribution in [2.24, 2.45) is 0 Å². The molecule has 0 aromatic heterocycles. The average Bonchev–Trinajstić information content (AvgIpc) is 2.67. The second-order valence-electron chi connectivity index (χ2n) is 7.19. The topological polar surface area (TPSA) is 58.6 Å². The van der Waals surface area contributed by atoms with Crippen LogP contribution in [0.1, 0.15) is 31.9 Å². The number of benzene rings is 2. The molecule has 2 aromatic carbocycles. The zero-order valence-electron chi connectivity index (χ0n) is 17.0. The van der Waals surface area contributed by atoms with Crippen molar-refractivity contribution in [3.8, 4) is 5.75 Å². The van der Waals surface area contributed by atoms with Crippen molar-refractivity contribution in [2.75, 3.05) is 6.61 Å². The molecule has 0 saturated heterocycles. The Balaban J connectivity index is 2.15. The number of halogens is 2. The van der Waals surface area contributed by atoms with E-state index in [9.17, 15) is 9.59 Å². The molecular formula is C22H26Br2N2O3. The molecule has 7 heteroatoms. The van der Waals surface area contributed by atoms with Crippen molar-refractivity contribution < 1.29 is 14.3 Å². The largest absolute Gasteiger partial charge is 0.484 e. The minimum atomic E-state index is -0.621. The van der Waals surface area contributed by atoms with Crippen LogP contribution in [-0.2, 0) is 16.1 Å². The SMILES string of the molecule is Cc1cc(OCC(=O)N(Cc2ccc(Br)cc2)C(C)C(=O)NC(C)C)ccc1Br. The lowest BCUT2D eigenvalue weighted by Gasteiger charge is -2.29. The highest BCUT2D eigenvalue weighted by Crippen LogP contribution is 2.22. The first-order valence-corrected chi connectivity index (χ1v) is 11.0. The smallest absolute Gasteiger partial charge is 0.261 e. The van der Waals surface area contributed by atoms with Crippen LogP contribution in [0.5, 0.6) is 5.75 Å². The number of aryl methyl sites for hydroxylation is 1. The summed E-state index contributed by atoms with van der Waals surface area (Å²) in [5, 5.41) is 2.87. The molecule has 1 atom stereocenters. The number of carbonyl (C=O) groups is 2. The van der Waals surface area contributed by atoms with Gasteiger partial charge in [0, 0.05) is 21.5 Å². The van der Waals surface area contributed by atoms with E-state index in [-0.39, 0.29) is 24.5 Å². The Kier molecular flexibility index (Phi) is 8.71. The van der Waals surface area contributed by atoms with Crippen molar-refractivity contribution in [1.82, 2.24) is 10.2 Å². The van der Waals surface area contributed by atoms with E-state index < -0.39 is 6.04 Å². The average molecular weight is 526 g/mol. The fraction of sp³-hybridized carbons (Fsp3) is 0.364. The molecule has 156 valence electrons. The Labute approximate surface area is 189 Å². The van der Waals surface area contributed by atoms with Crippen LogP contribution in [0.15, 0.2) is 51.4 Å². The van der Waals surface area contributed by atoms with Crippen LogP contribution in [-0.4, -0.2) is 35.4 Å². The minimum absolute atomic E-state index is 0.00317. The van der Waals surface area contributed by atoms with Gasteiger partial charge in [0.15, 0.2) is 6.61 Å². The fourth-order valence-electron chi connectivity index (χ4n) is 2.71. The summed E-state index contributed by atoms with van der Waals surface area (Å²) in [4.78, 5) is 27.1. The first-order valence-electron chi connectivity index (χ1n) is 9.40. The van der Waals surface area contributed by atoms with Gasteiger partial charge in [0.2, 0.25) is 5.91 Å². The van der Waals surface area contributed by atoms with Crippen molar-refractivity contribution in [3.05, 3.63) is 62.5 Å². The molecule has 1 N–H and O–H groups in total. The molecule has 0 aliphatic heterocycles. The highest BCUT2D eigenvalue weighted by Gasteiger charge is 2.26. The van der Waals surface area contributed by atoms with Gasteiger partial charge in [-0.15, -0.1) is 0 Å². The number of hydrogen-bond acceptors (Lipinski definition) is 3. The molecule has 0 fully saturated rings. The summed E-state index contributed by atoms with van der Waals surface area (Å²) >= 11 is 6.86. The maximum atomic E-state index is 13.0. The lowest BCUT2D eigenvalue weighted by atomic mass is 10.1. The number of amides is 2. The third-order valence-corrected chi connectivity index (χ3v) is 5.77. The summed E-state index contributed by atoms with van der Waals surface area (Å²) in [5.74, 6) is 0.173. The Bertz CT molecular complexity index is 854. The van der Waals surface area contributed by atoms with Gasteiger partial charge in [-0.1, -0.05) is 44.0 Å². The minimum Gasteiger partial charge on any atom is -0.484 e. The molecule has 0 saturated carbocycles. The fourth-order valence-corrected chi connectivity index (χ4v) is 3.22. The van der Waals surface area contributed by atoms with E-state index in [2.05, 4.69) is 37.2 Å². The first-order chi connectivity index (χ1) is 13.7. The third kappa shape index (κ3) is 7.16. The molecule has 0 aliphatic rings. The maximum absolute atomic E-state index is 13.0. The van der Waals surface area contributed by atoms with Gasteiger partial charge < -0.3 is 15.0 Å². The van der Waals surface area contributed by atoms with Crippen LogP contribution < -0.4 is 10.1 Å². The highest BCUT2D eigenvalue weighted by molar-refractivity contribution is 9.10. The molecule has 0 aliphatic carbocycles. The predicted octanol–water partition coefficient (Wildman–Crippen LogP) is 4.84. The van der Waals surface area contributed by atoms with Gasteiger partial charge in [-0.05, 0) is 69.2 Å². The van der Waals surface area contributed by atoms with E-state index in [4.69, 9.17) is 4.74 Å². The van der Waals surface area contributed by atoms with Crippen molar-refractivity contribution >= 4 is 43.7 Å². The lowest BCUT2D eigenvalue weighted by molar-refractivity contribution is -0.142. The monoisotopic (exact) mass is 524 g/mol. The van der Waals surface area contributed by atoms with Crippen LogP contribution in [0.2, 0.25) is 0 Å². The molecule has 29 heavy (non-hydrogen) atoms. The predicted molar refractivity (Wildman–Crippen MR) is 122 cm³/mol. The highest BCUT2D eigenvalue weighted by atomic mass is 79.9. The molecule has 5 nitrogen and oxygen atoms in total. The van der Waals surface area contributed by atoms with E-state index >= 15 is 0 Å². The van der Waals surface area contributed by atoms with E-state index in [0.29, 0.717) is 12.3 Å². The van der Waals surface area contributed by atoms with E-state index in [1.807, 2.05) is 57.2 Å². The van der Waals surface area contributed by atoms with E-state index in [0.717, 1.165) is 20.1 Å². The molecular weight excluding hydrogens is 500 g/mol. The second-order valence-corrected chi connectivity index (χ2v) is 8.96. The molecule has 2 aromatic rings. The third-order valence-electron chi connectivity index (χ3n) is 4.36. The standard InChI is InChI=1S/C22H26Br2N2O3/c1-14(2)25-22(28)16(4)26(12-17-5-7-18(23)8-6-17)21(27)13-29-19-9-10-20(24)15(3)11-19/h5-11,14,16H,12-13H2,1-4H3,(H,25,28). The zero-order chi connectivity index (χ0) is 21.6. The molecule has 0 heterocycles. The number of rotatable bonds is 8. The molecule has 0 spiro atoms.